The molecule has 0 saturated carbocycles. The molecule has 2 aliphatic rings. The molecule has 1 saturated heterocycles. The van der Waals surface area contributed by atoms with Gasteiger partial charge in [0.15, 0.2) is 18.1 Å². The molecule has 0 spiro atoms. The summed E-state index contributed by atoms with van der Waals surface area (Å²) in [5, 5.41) is 7.00. The number of piperidine rings is 1. The van der Waals surface area contributed by atoms with Gasteiger partial charge in [-0.2, -0.15) is 5.10 Å². The zero-order chi connectivity index (χ0) is 16.4. The average Bonchev–Trinajstić information content (AvgIpc) is 3.30. The Labute approximate surface area is 139 Å². The zero-order valence-electron chi connectivity index (χ0n) is 13.2. The second kappa shape index (κ2) is 6.43. The number of nitrogens with one attached hydrogen (secondary N) is 1. The summed E-state index contributed by atoms with van der Waals surface area (Å²) >= 11 is 0. The van der Waals surface area contributed by atoms with Crippen LogP contribution in [0.2, 0.25) is 0 Å². The van der Waals surface area contributed by atoms with Gasteiger partial charge in [0.25, 0.3) is 5.91 Å². The Morgan fingerprint density at radius 2 is 2.25 bits per heavy atom. The number of aromatic nitrogens is 2. The molecule has 0 radical (unpaired) electrons. The smallest absolute Gasteiger partial charge is 0.260 e. The van der Waals surface area contributed by atoms with Crippen molar-refractivity contribution < 1.29 is 19.0 Å². The summed E-state index contributed by atoms with van der Waals surface area (Å²) in [5.74, 6) is 2.27. The molecule has 1 aromatic carbocycles. The van der Waals surface area contributed by atoms with Crippen molar-refractivity contribution in [2.75, 3.05) is 26.5 Å². The summed E-state index contributed by atoms with van der Waals surface area (Å²) in [4.78, 5) is 14.3. The topological polar surface area (TPSA) is 76.7 Å². The number of nitrogens with zero attached hydrogens (tertiary/aromatic N) is 2. The molecule has 1 N–H and O–H groups in total. The van der Waals surface area contributed by atoms with Crippen LogP contribution in [0.4, 0.5) is 0 Å². The third-order valence-corrected chi connectivity index (χ3v) is 4.44. The quantitative estimate of drug-likeness (QED) is 0.927. The van der Waals surface area contributed by atoms with Gasteiger partial charge in [-0.1, -0.05) is 0 Å². The molecule has 0 unspecified atom stereocenters. The van der Waals surface area contributed by atoms with Crippen LogP contribution in [0.25, 0.3) is 0 Å². The van der Waals surface area contributed by atoms with Crippen molar-refractivity contribution >= 4 is 5.91 Å². The Kier molecular flexibility index (Phi) is 3.98. The van der Waals surface area contributed by atoms with E-state index >= 15 is 0 Å². The monoisotopic (exact) mass is 329 g/mol. The van der Waals surface area contributed by atoms with Crippen LogP contribution in [-0.2, 0) is 4.79 Å². The second-order valence-corrected chi connectivity index (χ2v) is 5.99. The molecule has 7 nitrogen and oxygen atoms in total. The molecule has 1 aromatic heterocycles. The first-order valence-electron chi connectivity index (χ1n) is 8.09. The van der Waals surface area contributed by atoms with Crippen LogP contribution in [0, 0.1) is 0 Å². The second-order valence-electron chi connectivity index (χ2n) is 5.99. The number of carbonyl (C=O) groups excluding carboxylic acids is 1. The van der Waals surface area contributed by atoms with E-state index < -0.39 is 0 Å². The maximum Gasteiger partial charge on any atom is 0.260 e. The number of fused-ring (bicyclic) bond motifs is 1. The molecule has 2 aromatic rings. The first-order chi connectivity index (χ1) is 11.8. The molecule has 0 aliphatic carbocycles. The van der Waals surface area contributed by atoms with Gasteiger partial charge in [0.2, 0.25) is 6.79 Å². The van der Waals surface area contributed by atoms with Crippen molar-refractivity contribution in [2.45, 2.75) is 18.8 Å². The molecule has 7 heteroatoms. The molecule has 3 heterocycles. The predicted octanol–water partition coefficient (Wildman–Crippen LogP) is 1.92. The number of aromatic amines is 1. The van der Waals surface area contributed by atoms with E-state index in [0.717, 1.165) is 25.1 Å². The van der Waals surface area contributed by atoms with Crippen molar-refractivity contribution in [1.82, 2.24) is 15.1 Å². The lowest BCUT2D eigenvalue weighted by atomic mass is 9.95. The van der Waals surface area contributed by atoms with Crippen molar-refractivity contribution in [1.29, 1.82) is 0 Å². The van der Waals surface area contributed by atoms with Crippen LogP contribution in [0.3, 0.4) is 0 Å². The highest BCUT2D eigenvalue weighted by Crippen LogP contribution is 2.35. The van der Waals surface area contributed by atoms with Crippen molar-refractivity contribution in [3.05, 3.63) is 36.2 Å². The van der Waals surface area contributed by atoms with E-state index in [4.69, 9.17) is 14.2 Å². The largest absolute Gasteiger partial charge is 0.484 e. The van der Waals surface area contributed by atoms with E-state index in [1.54, 1.807) is 24.4 Å². The van der Waals surface area contributed by atoms with Gasteiger partial charge >= 0.3 is 0 Å². The molecule has 4 rings (SSSR count). The number of amides is 1. The zero-order valence-corrected chi connectivity index (χ0v) is 13.2. The van der Waals surface area contributed by atoms with Crippen LogP contribution < -0.4 is 14.2 Å². The maximum atomic E-state index is 12.4. The van der Waals surface area contributed by atoms with E-state index in [2.05, 4.69) is 10.2 Å². The lowest BCUT2D eigenvalue weighted by Crippen LogP contribution is -2.41. The highest BCUT2D eigenvalue weighted by atomic mass is 16.7. The molecule has 1 atom stereocenters. The number of hydrogen-bond donors (Lipinski definition) is 1. The first kappa shape index (κ1) is 14.9. The normalized spacial score (nSPS) is 19.3. The molecular weight excluding hydrogens is 310 g/mol. The van der Waals surface area contributed by atoms with Crippen molar-refractivity contribution in [3.63, 3.8) is 0 Å². The third-order valence-electron chi connectivity index (χ3n) is 4.44. The first-order valence-corrected chi connectivity index (χ1v) is 8.09. The molecule has 1 amide bonds. The van der Waals surface area contributed by atoms with Crippen LogP contribution in [0.15, 0.2) is 30.5 Å². The van der Waals surface area contributed by atoms with Gasteiger partial charge in [-0.15, -0.1) is 0 Å². The molecule has 1 fully saturated rings. The Balaban J connectivity index is 1.34. The maximum absolute atomic E-state index is 12.4. The van der Waals surface area contributed by atoms with Crippen LogP contribution >= 0.6 is 0 Å². The van der Waals surface area contributed by atoms with Gasteiger partial charge in [0.1, 0.15) is 5.75 Å². The highest BCUT2D eigenvalue weighted by Gasteiger charge is 2.25. The SMILES string of the molecule is O=C(COc1ccc2c(c1)OCO2)N1CCC[C@H](c2ccn[nH]2)C1. The van der Waals surface area contributed by atoms with Gasteiger partial charge in [0, 0.05) is 37.0 Å². The van der Waals surface area contributed by atoms with Crippen molar-refractivity contribution in [3.8, 4) is 17.2 Å². The molecule has 24 heavy (non-hydrogen) atoms. The summed E-state index contributed by atoms with van der Waals surface area (Å²) in [6.07, 6.45) is 3.80. The standard InChI is InChI=1S/C17H19N3O4/c21-17(10-22-13-3-4-15-16(8-13)24-11-23-15)20-7-1-2-12(9-20)14-5-6-18-19-14/h3-6,8,12H,1-2,7,9-11H2,(H,18,19)/t12-/m0/s1. The number of ether oxygens (including phenoxy) is 3. The summed E-state index contributed by atoms with van der Waals surface area (Å²) in [6.45, 7) is 1.72. The number of rotatable bonds is 4. The number of hydrogen-bond acceptors (Lipinski definition) is 5. The van der Waals surface area contributed by atoms with E-state index in [0.29, 0.717) is 29.7 Å². The van der Waals surface area contributed by atoms with Gasteiger partial charge in [-0.3, -0.25) is 9.89 Å². The summed E-state index contributed by atoms with van der Waals surface area (Å²) in [5.41, 5.74) is 1.09. The van der Waals surface area contributed by atoms with Gasteiger partial charge in [0.05, 0.1) is 0 Å². The predicted molar refractivity (Wildman–Crippen MR) is 85.2 cm³/mol. The van der Waals surface area contributed by atoms with Gasteiger partial charge in [-0.05, 0) is 31.0 Å². The molecule has 2 aliphatic heterocycles. The highest BCUT2D eigenvalue weighted by molar-refractivity contribution is 5.78. The molecule has 0 bridgehead atoms. The molecule has 126 valence electrons. The van der Waals surface area contributed by atoms with Crippen LogP contribution in [0.1, 0.15) is 24.5 Å². The number of carbonyl (C=O) groups is 1. The minimum absolute atomic E-state index is 0.00289. The summed E-state index contributed by atoms with van der Waals surface area (Å²) in [7, 11) is 0. The lowest BCUT2D eigenvalue weighted by Gasteiger charge is -2.32. The van der Waals surface area contributed by atoms with E-state index in [1.807, 2.05) is 11.0 Å². The fraction of sp³-hybridized carbons (Fsp3) is 0.412. The fourth-order valence-corrected chi connectivity index (χ4v) is 3.15. The summed E-state index contributed by atoms with van der Waals surface area (Å²) in [6, 6.07) is 7.29. The third kappa shape index (κ3) is 3.02. The number of H-pyrrole nitrogens is 1. The minimum atomic E-state index is -0.00289. The van der Waals surface area contributed by atoms with E-state index in [1.165, 1.54) is 0 Å². The Bertz CT molecular complexity index is 717. The Hall–Kier alpha value is -2.70. The number of benzene rings is 1. The van der Waals surface area contributed by atoms with E-state index in [9.17, 15) is 4.79 Å². The Morgan fingerprint density at radius 3 is 3.12 bits per heavy atom. The fourth-order valence-electron chi connectivity index (χ4n) is 3.15. The summed E-state index contributed by atoms with van der Waals surface area (Å²) < 4.78 is 16.2. The van der Waals surface area contributed by atoms with Gasteiger partial charge in [-0.25, -0.2) is 0 Å². The minimum Gasteiger partial charge on any atom is -0.484 e. The average molecular weight is 329 g/mol. The van der Waals surface area contributed by atoms with Gasteiger partial charge < -0.3 is 19.1 Å². The lowest BCUT2D eigenvalue weighted by molar-refractivity contribution is -0.134. The number of likely N-dealkylation sites (tertiary alicyclic amines) is 1. The molecular formula is C17H19N3O4. The van der Waals surface area contributed by atoms with Crippen LogP contribution in [0.5, 0.6) is 17.2 Å². The Morgan fingerprint density at radius 1 is 1.33 bits per heavy atom. The van der Waals surface area contributed by atoms with E-state index in [-0.39, 0.29) is 19.3 Å². The van der Waals surface area contributed by atoms with Crippen LogP contribution in [-0.4, -0.2) is 47.5 Å². The van der Waals surface area contributed by atoms with Crippen molar-refractivity contribution in [2.24, 2.45) is 0 Å².